The normalized spacial score (nSPS) is 14.4. The summed E-state index contributed by atoms with van der Waals surface area (Å²) in [6, 6.07) is 22.3. The number of hydrogen-bond donors (Lipinski definition) is 0. The zero-order chi connectivity index (χ0) is 30.3. The van der Waals surface area contributed by atoms with Crippen molar-refractivity contribution in [3.63, 3.8) is 0 Å². The van der Waals surface area contributed by atoms with E-state index in [-0.39, 0.29) is 18.0 Å². The first kappa shape index (κ1) is 30.3. The Hall–Kier alpha value is -4.18. The fraction of sp³-hybridized carbons (Fsp3) is 0.303. The van der Waals surface area contributed by atoms with Gasteiger partial charge in [-0.05, 0) is 48.4 Å². The van der Waals surface area contributed by atoms with Crippen molar-refractivity contribution in [2.75, 3.05) is 46.9 Å². The van der Waals surface area contributed by atoms with Crippen molar-refractivity contribution < 1.29 is 28.3 Å². The fourth-order valence-corrected chi connectivity index (χ4v) is 5.36. The predicted molar refractivity (Wildman–Crippen MR) is 162 cm³/mol. The number of benzene rings is 3. The molecule has 1 fully saturated rings. The van der Waals surface area contributed by atoms with Gasteiger partial charge in [0.15, 0.2) is 0 Å². The average Bonchev–Trinajstić information content (AvgIpc) is 3.43. The summed E-state index contributed by atoms with van der Waals surface area (Å²) in [5.74, 6) is 0.721. The highest BCUT2D eigenvalue weighted by molar-refractivity contribution is 6.33. The van der Waals surface area contributed by atoms with Crippen molar-refractivity contribution in [2.45, 2.75) is 19.6 Å². The lowest BCUT2D eigenvalue weighted by Crippen LogP contribution is -2.49. The number of piperazine rings is 1. The first-order valence-corrected chi connectivity index (χ1v) is 14.4. The first-order chi connectivity index (χ1) is 20.9. The van der Waals surface area contributed by atoms with E-state index < -0.39 is 0 Å². The Morgan fingerprint density at radius 1 is 0.977 bits per heavy atom. The fourth-order valence-electron chi connectivity index (χ4n) is 5.14. The van der Waals surface area contributed by atoms with Crippen LogP contribution >= 0.6 is 11.6 Å². The number of esters is 1. The lowest BCUT2D eigenvalue weighted by atomic mass is 10.0. The van der Waals surface area contributed by atoms with Crippen LogP contribution in [0, 0.1) is 6.92 Å². The van der Waals surface area contributed by atoms with Crippen LogP contribution in [-0.4, -0.2) is 73.8 Å². The van der Waals surface area contributed by atoms with Crippen molar-refractivity contribution in [1.82, 2.24) is 15.0 Å². The minimum absolute atomic E-state index is 0.121. The maximum absolute atomic E-state index is 13.6. The lowest BCUT2D eigenvalue weighted by molar-refractivity contribution is 0.00331. The maximum Gasteiger partial charge on any atom is 0.337 e. The van der Waals surface area contributed by atoms with Gasteiger partial charge in [-0.1, -0.05) is 59.2 Å². The summed E-state index contributed by atoms with van der Waals surface area (Å²) in [6.45, 7) is 5.18. The lowest BCUT2D eigenvalue weighted by Gasteiger charge is -2.36. The zero-order valence-electron chi connectivity index (χ0n) is 24.4. The van der Waals surface area contributed by atoms with Gasteiger partial charge in [0.1, 0.15) is 22.8 Å². The van der Waals surface area contributed by atoms with Crippen LogP contribution in [0.1, 0.15) is 43.7 Å². The van der Waals surface area contributed by atoms with Crippen LogP contribution in [0.3, 0.4) is 0 Å². The van der Waals surface area contributed by atoms with Crippen LogP contribution in [0.25, 0.3) is 11.3 Å². The van der Waals surface area contributed by atoms with Crippen LogP contribution in [0.4, 0.5) is 0 Å². The Bertz CT molecular complexity index is 1560. The van der Waals surface area contributed by atoms with Gasteiger partial charge < -0.3 is 23.6 Å². The Morgan fingerprint density at radius 2 is 1.72 bits per heavy atom. The molecule has 5 rings (SSSR count). The van der Waals surface area contributed by atoms with Crippen LogP contribution < -0.4 is 4.74 Å². The van der Waals surface area contributed by atoms with E-state index in [1.54, 1.807) is 32.2 Å². The van der Waals surface area contributed by atoms with E-state index in [9.17, 15) is 9.59 Å². The Labute approximate surface area is 255 Å². The largest absolute Gasteiger partial charge is 0.497 e. The van der Waals surface area contributed by atoms with Gasteiger partial charge in [0, 0.05) is 38.3 Å². The summed E-state index contributed by atoms with van der Waals surface area (Å²) in [6.07, 6.45) is -0.246. The molecule has 0 bridgehead atoms. The number of methoxy groups -OCH3 is 2. The van der Waals surface area contributed by atoms with Gasteiger partial charge in [-0.25, -0.2) is 4.79 Å². The molecule has 4 aromatic rings. The molecule has 1 aliphatic rings. The summed E-state index contributed by atoms with van der Waals surface area (Å²) in [7, 11) is 3.00. The second-order valence-corrected chi connectivity index (χ2v) is 10.7. The molecule has 1 saturated heterocycles. The van der Waals surface area contributed by atoms with Crippen molar-refractivity contribution in [3.05, 3.63) is 106 Å². The Balaban J connectivity index is 1.26. The number of nitrogens with zero attached hydrogens (tertiary/aromatic N) is 3. The van der Waals surface area contributed by atoms with E-state index in [2.05, 4.69) is 10.1 Å². The molecule has 0 spiro atoms. The van der Waals surface area contributed by atoms with E-state index in [1.165, 1.54) is 7.11 Å². The summed E-state index contributed by atoms with van der Waals surface area (Å²) in [5.41, 5.74) is 3.99. The highest BCUT2D eigenvalue weighted by Gasteiger charge is 2.30. The zero-order valence-corrected chi connectivity index (χ0v) is 25.2. The number of rotatable bonds is 10. The van der Waals surface area contributed by atoms with E-state index in [4.69, 9.17) is 30.3 Å². The topological polar surface area (TPSA) is 94.3 Å². The second kappa shape index (κ2) is 13.9. The van der Waals surface area contributed by atoms with Crippen LogP contribution in [-0.2, 0) is 16.1 Å². The van der Waals surface area contributed by atoms with E-state index in [0.717, 1.165) is 16.9 Å². The second-order valence-electron chi connectivity index (χ2n) is 10.3. The molecule has 0 aliphatic carbocycles. The van der Waals surface area contributed by atoms with Crippen molar-refractivity contribution in [2.24, 2.45) is 0 Å². The number of carbonyl (C=O) groups excluding carboxylic acids is 2. The summed E-state index contributed by atoms with van der Waals surface area (Å²) in [4.78, 5) is 29.6. The summed E-state index contributed by atoms with van der Waals surface area (Å²) in [5, 5.41) is 4.67. The number of aromatic nitrogens is 1. The highest BCUT2D eigenvalue weighted by atomic mass is 35.5. The molecule has 0 N–H and O–H groups in total. The van der Waals surface area contributed by atoms with Gasteiger partial charge in [-0.3, -0.25) is 9.69 Å². The first-order valence-electron chi connectivity index (χ1n) is 14.0. The van der Waals surface area contributed by atoms with E-state index in [0.29, 0.717) is 72.5 Å². The van der Waals surface area contributed by atoms with E-state index >= 15 is 0 Å². The predicted octanol–water partition coefficient (Wildman–Crippen LogP) is 5.81. The standard InChI is InChI=1S/C33H34ClN3O6/c1-22-30(31(35-43-22)27-9-4-5-10-28(27)34)32(38)37-17-15-36(16-18-37)20-29(25-7-6-8-26(19-25)40-2)42-21-23-11-13-24(14-12-23)33(39)41-3/h4-14,19,29H,15-18,20-21H2,1-3H3/t29-/m1/s1. The minimum atomic E-state index is -0.376. The molecule has 10 heteroatoms. The Morgan fingerprint density at radius 3 is 2.42 bits per heavy atom. The van der Waals surface area contributed by atoms with Gasteiger partial charge in [0.2, 0.25) is 0 Å². The molecular formula is C33H34ClN3O6. The van der Waals surface area contributed by atoms with Gasteiger partial charge in [0.25, 0.3) is 5.91 Å². The number of amides is 1. The molecular weight excluding hydrogens is 570 g/mol. The quantitative estimate of drug-likeness (QED) is 0.210. The van der Waals surface area contributed by atoms with Crippen molar-refractivity contribution in [1.29, 1.82) is 0 Å². The number of aryl methyl sites for hydroxylation is 1. The molecule has 1 atom stereocenters. The molecule has 2 heterocycles. The van der Waals surface area contributed by atoms with Crippen LogP contribution in [0.15, 0.2) is 77.3 Å². The molecule has 1 amide bonds. The number of ether oxygens (including phenoxy) is 3. The molecule has 9 nitrogen and oxygen atoms in total. The van der Waals surface area contributed by atoms with Crippen LogP contribution in [0.2, 0.25) is 5.02 Å². The molecule has 0 radical (unpaired) electrons. The monoisotopic (exact) mass is 603 g/mol. The highest BCUT2D eigenvalue weighted by Crippen LogP contribution is 2.32. The van der Waals surface area contributed by atoms with Gasteiger partial charge in [-0.2, -0.15) is 0 Å². The van der Waals surface area contributed by atoms with Gasteiger partial charge in [-0.15, -0.1) is 0 Å². The molecule has 0 saturated carbocycles. The molecule has 43 heavy (non-hydrogen) atoms. The smallest absolute Gasteiger partial charge is 0.337 e. The number of halogens is 1. The Kier molecular flexibility index (Phi) is 9.76. The minimum Gasteiger partial charge on any atom is -0.497 e. The average molecular weight is 604 g/mol. The third-order valence-electron chi connectivity index (χ3n) is 7.58. The van der Waals surface area contributed by atoms with Gasteiger partial charge in [0.05, 0.1) is 37.5 Å². The van der Waals surface area contributed by atoms with Crippen LogP contribution in [0.5, 0.6) is 5.75 Å². The van der Waals surface area contributed by atoms with Crippen molar-refractivity contribution in [3.8, 4) is 17.0 Å². The molecule has 1 aliphatic heterocycles. The number of carbonyl (C=O) groups is 2. The number of hydrogen-bond acceptors (Lipinski definition) is 8. The third kappa shape index (κ3) is 7.07. The maximum atomic E-state index is 13.6. The summed E-state index contributed by atoms with van der Waals surface area (Å²) >= 11 is 6.41. The summed E-state index contributed by atoms with van der Waals surface area (Å²) < 4.78 is 22.1. The SMILES string of the molecule is COC(=O)c1ccc(CO[C@H](CN2CCN(C(=O)c3c(-c4ccccc4Cl)noc3C)CC2)c2cccc(OC)c2)cc1. The molecule has 1 aromatic heterocycles. The van der Waals surface area contributed by atoms with Gasteiger partial charge >= 0.3 is 5.97 Å². The van der Waals surface area contributed by atoms with Crippen molar-refractivity contribution >= 4 is 23.5 Å². The molecule has 3 aromatic carbocycles. The van der Waals surface area contributed by atoms with E-state index in [1.807, 2.05) is 59.5 Å². The third-order valence-corrected chi connectivity index (χ3v) is 7.91. The molecule has 224 valence electrons. The molecule has 0 unspecified atom stereocenters.